The molecule has 0 atom stereocenters. The molecule has 2 aromatic rings. The van der Waals surface area contributed by atoms with Crippen LogP contribution in [0.15, 0.2) is 30.3 Å². The van der Waals surface area contributed by atoms with Crippen LogP contribution < -0.4 is 9.47 Å². The quantitative estimate of drug-likeness (QED) is 0.249. The predicted octanol–water partition coefficient (Wildman–Crippen LogP) is 7.64. The molecule has 0 amide bonds. The molecule has 0 aliphatic rings. The first-order valence-electron chi connectivity index (χ1n) is 9.66. The molecule has 0 aromatic heterocycles. The van der Waals surface area contributed by atoms with Crippen molar-refractivity contribution in [3.63, 3.8) is 0 Å². The van der Waals surface area contributed by atoms with E-state index in [-0.39, 0.29) is 0 Å². The Morgan fingerprint density at radius 2 is 1.58 bits per heavy atom. The van der Waals surface area contributed by atoms with Gasteiger partial charge in [0.25, 0.3) is 0 Å². The van der Waals surface area contributed by atoms with E-state index in [4.69, 9.17) is 21.1 Å². The van der Waals surface area contributed by atoms with Gasteiger partial charge >= 0.3 is 0 Å². The second kappa shape index (κ2) is 11.7. The maximum absolute atomic E-state index is 6.49. The van der Waals surface area contributed by atoms with Gasteiger partial charge < -0.3 is 9.47 Å². The van der Waals surface area contributed by atoms with Crippen LogP contribution in [0.2, 0.25) is 5.02 Å². The van der Waals surface area contributed by atoms with Crippen molar-refractivity contribution in [2.75, 3.05) is 18.5 Å². The first-order valence-corrected chi connectivity index (χ1v) is 11.2. The summed E-state index contributed by atoms with van der Waals surface area (Å²) in [6, 6.07) is 10.1. The minimum atomic E-state index is 0.454. The standard InChI is InChI=1S/C22H30BrClO2/c1-17(2)16-26-22-19-12-8-7-11-18(19)21(15-20(22)24)25-14-10-6-4-3-5-9-13-23/h7-8,11-12,15,17H,3-6,9-10,13-14,16H2,1-2H3. The van der Waals surface area contributed by atoms with Crippen LogP contribution in [0.3, 0.4) is 0 Å². The minimum Gasteiger partial charge on any atom is -0.493 e. The van der Waals surface area contributed by atoms with Gasteiger partial charge in [0.05, 0.1) is 18.2 Å². The molecule has 0 aliphatic carbocycles. The number of hydrogen-bond acceptors (Lipinski definition) is 2. The van der Waals surface area contributed by atoms with Crippen LogP contribution >= 0.6 is 27.5 Å². The summed E-state index contributed by atoms with van der Waals surface area (Å²) in [5.74, 6) is 2.06. The molecule has 0 saturated carbocycles. The zero-order valence-electron chi connectivity index (χ0n) is 15.9. The molecule has 0 N–H and O–H groups in total. The van der Waals surface area contributed by atoms with Crippen LogP contribution in [-0.4, -0.2) is 18.5 Å². The Balaban J connectivity index is 1.97. The molecule has 0 fully saturated rings. The van der Waals surface area contributed by atoms with Crippen LogP contribution in [0.25, 0.3) is 10.8 Å². The SMILES string of the molecule is CC(C)COc1c(Cl)cc(OCCCCCCCCBr)c2ccccc12. The van der Waals surface area contributed by atoms with E-state index in [1.54, 1.807) is 0 Å². The number of halogens is 2. The van der Waals surface area contributed by atoms with Gasteiger partial charge in [0.2, 0.25) is 0 Å². The van der Waals surface area contributed by atoms with E-state index in [0.29, 0.717) is 17.5 Å². The van der Waals surface area contributed by atoms with Gasteiger partial charge in [-0.1, -0.05) is 91.3 Å². The molecule has 0 bridgehead atoms. The second-order valence-corrected chi connectivity index (χ2v) is 8.30. The fourth-order valence-electron chi connectivity index (χ4n) is 2.88. The third-order valence-corrected chi connectivity index (χ3v) is 5.10. The van der Waals surface area contributed by atoms with Gasteiger partial charge in [0.1, 0.15) is 11.5 Å². The van der Waals surface area contributed by atoms with E-state index in [1.165, 1.54) is 32.1 Å². The van der Waals surface area contributed by atoms with Crippen LogP contribution in [0, 0.1) is 5.92 Å². The summed E-state index contributed by atoms with van der Waals surface area (Å²) in [5.41, 5.74) is 0. The Morgan fingerprint density at radius 1 is 0.923 bits per heavy atom. The fraction of sp³-hybridized carbons (Fsp3) is 0.545. The van der Waals surface area contributed by atoms with Crippen molar-refractivity contribution in [1.82, 2.24) is 0 Å². The third-order valence-electron chi connectivity index (χ3n) is 4.26. The second-order valence-electron chi connectivity index (χ2n) is 7.09. The topological polar surface area (TPSA) is 18.5 Å². The molecule has 26 heavy (non-hydrogen) atoms. The van der Waals surface area contributed by atoms with E-state index in [9.17, 15) is 0 Å². The first kappa shape index (κ1) is 21.4. The highest BCUT2D eigenvalue weighted by atomic mass is 79.9. The number of unbranched alkanes of at least 4 members (excludes halogenated alkanes) is 5. The average molecular weight is 442 g/mol. The third kappa shape index (κ3) is 6.66. The van der Waals surface area contributed by atoms with E-state index < -0.39 is 0 Å². The van der Waals surface area contributed by atoms with Crippen molar-refractivity contribution in [1.29, 1.82) is 0 Å². The first-order chi connectivity index (χ1) is 12.6. The molecule has 144 valence electrons. The summed E-state index contributed by atoms with van der Waals surface area (Å²) in [4.78, 5) is 0. The number of fused-ring (bicyclic) bond motifs is 1. The van der Waals surface area contributed by atoms with E-state index in [0.717, 1.165) is 40.6 Å². The maximum Gasteiger partial charge on any atom is 0.145 e. The van der Waals surface area contributed by atoms with Crippen molar-refractivity contribution >= 4 is 38.3 Å². The van der Waals surface area contributed by atoms with Crippen molar-refractivity contribution in [2.24, 2.45) is 5.92 Å². The fourth-order valence-corrected chi connectivity index (χ4v) is 3.54. The van der Waals surface area contributed by atoms with E-state index in [2.05, 4.69) is 35.8 Å². The average Bonchev–Trinajstić information content (AvgIpc) is 2.63. The molecule has 0 saturated heterocycles. The lowest BCUT2D eigenvalue weighted by atomic mass is 10.1. The van der Waals surface area contributed by atoms with Gasteiger partial charge in [-0.2, -0.15) is 0 Å². The summed E-state index contributed by atoms with van der Waals surface area (Å²) in [6.07, 6.45) is 7.45. The predicted molar refractivity (Wildman–Crippen MR) is 116 cm³/mol. The zero-order valence-corrected chi connectivity index (χ0v) is 18.2. The lowest BCUT2D eigenvalue weighted by Gasteiger charge is -2.16. The zero-order chi connectivity index (χ0) is 18.8. The number of benzene rings is 2. The Kier molecular flexibility index (Phi) is 9.63. The number of rotatable bonds is 12. The molecular weight excluding hydrogens is 412 g/mol. The van der Waals surface area contributed by atoms with Gasteiger partial charge in [0.15, 0.2) is 0 Å². The highest BCUT2D eigenvalue weighted by molar-refractivity contribution is 9.09. The Hall–Kier alpha value is -0.930. The smallest absolute Gasteiger partial charge is 0.145 e. The molecule has 0 radical (unpaired) electrons. The van der Waals surface area contributed by atoms with Gasteiger partial charge in [-0.15, -0.1) is 0 Å². The lowest BCUT2D eigenvalue weighted by molar-refractivity contribution is 0.273. The van der Waals surface area contributed by atoms with E-state index >= 15 is 0 Å². The van der Waals surface area contributed by atoms with Crippen molar-refractivity contribution in [2.45, 2.75) is 52.4 Å². The van der Waals surface area contributed by atoms with Gasteiger partial charge in [-0.25, -0.2) is 0 Å². The number of hydrogen-bond donors (Lipinski definition) is 0. The van der Waals surface area contributed by atoms with Crippen molar-refractivity contribution in [3.05, 3.63) is 35.4 Å². The molecule has 0 heterocycles. The highest BCUT2D eigenvalue weighted by Crippen LogP contribution is 2.39. The van der Waals surface area contributed by atoms with Crippen LogP contribution in [0.4, 0.5) is 0 Å². The lowest BCUT2D eigenvalue weighted by Crippen LogP contribution is -2.06. The van der Waals surface area contributed by atoms with Gasteiger partial charge in [-0.3, -0.25) is 0 Å². The summed E-state index contributed by atoms with van der Waals surface area (Å²) >= 11 is 9.97. The Labute approximate surface area is 171 Å². The summed E-state index contributed by atoms with van der Waals surface area (Å²) in [7, 11) is 0. The largest absolute Gasteiger partial charge is 0.493 e. The van der Waals surface area contributed by atoms with Crippen LogP contribution in [0.1, 0.15) is 52.4 Å². The Morgan fingerprint density at radius 3 is 2.27 bits per heavy atom. The molecule has 0 spiro atoms. The van der Waals surface area contributed by atoms with Gasteiger partial charge in [-0.05, 0) is 18.8 Å². The molecule has 0 unspecified atom stereocenters. The maximum atomic E-state index is 6.49. The Bertz CT molecular complexity index is 672. The number of ether oxygens (including phenoxy) is 2. The molecule has 4 heteroatoms. The monoisotopic (exact) mass is 440 g/mol. The van der Waals surface area contributed by atoms with E-state index in [1.807, 2.05) is 24.3 Å². The molecule has 0 aliphatic heterocycles. The normalized spacial score (nSPS) is 11.3. The van der Waals surface area contributed by atoms with Crippen LogP contribution in [0.5, 0.6) is 11.5 Å². The van der Waals surface area contributed by atoms with Crippen molar-refractivity contribution in [3.8, 4) is 11.5 Å². The minimum absolute atomic E-state index is 0.454. The molecule has 2 aromatic carbocycles. The summed E-state index contributed by atoms with van der Waals surface area (Å²) < 4.78 is 12.0. The van der Waals surface area contributed by atoms with Crippen molar-refractivity contribution < 1.29 is 9.47 Å². The molecule has 2 nitrogen and oxygen atoms in total. The summed E-state index contributed by atoms with van der Waals surface area (Å²) in [5, 5.41) is 3.81. The molecule has 2 rings (SSSR count). The van der Waals surface area contributed by atoms with Crippen LogP contribution in [-0.2, 0) is 0 Å². The summed E-state index contributed by atoms with van der Waals surface area (Å²) in [6.45, 7) is 5.64. The van der Waals surface area contributed by atoms with Gasteiger partial charge in [0, 0.05) is 22.2 Å². The molecular formula is C22H30BrClO2. The number of alkyl halides is 1. The highest BCUT2D eigenvalue weighted by Gasteiger charge is 2.13.